The van der Waals surface area contributed by atoms with Crippen molar-refractivity contribution in [3.8, 4) is 0 Å². The molecular formula is C8H16F6N2O5S2. The Balaban J connectivity index is 0. The average molecular weight is 398 g/mol. The third-order valence-corrected chi connectivity index (χ3v) is 4.86. The molecule has 1 atom stereocenters. The van der Waals surface area contributed by atoms with Crippen molar-refractivity contribution < 1.29 is 52.8 Å². The molecule has 0 bridgehead atoms. The highest BCUT2D eigenvalue weighted by atomic mass is 32.3. The van der Waals surface area contributed by atoms with E-state index in [1.165, 1.54) is 11.4 Å². The zero-order valence-corrected chi connectivity index (χ0v) is 13.8. The van der Waals surface area contributed by atoms with E-state index in [2.05, 4.69) is 14.0 Å². The molecule has 0 heterocycles. The van der Waals surface area contributed by atoms with Gasteiger partial charge in [0.15, 0.2) is 20.0 Å². The highest BCUT2D eigenvalue weighted by molar-refractivity contribution is 8.13. The predicted molar refractivity (Wildman–Crippen MR) is 67.5 cm³/mol. The Morgan fingerprint density at radius 3 is 1.52 bits per heavy atom. The van der Waals surface area contributed by atoms with Crippen LogP contribution in [0.4, 0.5) is 26.3 Å². The second-order valence-electron chi connectivity index (χ2n) is 3.97. The summed E-state index contributed by atoms with van der Waals surface area (Å²) in [6.45, 7) is 5.35. The van der Waals surface area contributed by atoms with Crippen molar-refractivity contribution >= 4 is 20.0 Å². The van der Waals surface area contributed by atoms with Gasteiger partial charge in [0, 0.05) is 7.11 Å². The van der Waals surface area contributed by atoms with Gasteiger partial charge in [-0.2, -0.15) is 26.3 Å². The molecule has 7 nitrogen and oxygen atoms in total. The lowest BCUT2D eigenvalue weighted by molar-refractivity contribution is -0.878. The minimum atomic E-state index is -6.72. The molecule has 23 heavy (non-hydrogen) atoms. The van der Waals surface area contributed by atoms with Gasteiger partial charge in [0.2, 0.25) is 0 Å². The number of sulfonamides is 2. The first kappa shape index (κ1) is 24.6. The number of hydrogen-bond acceptors (Lipinski definition) is 5. The van der Waals surface area contributed by atoms with E-state index in [9.17, 15) is 43.2 Å². The lowest BCUT2D eigenvalue weighted by Crippen LogP contribution is -3.09. The number of rotatable bonds is 6. The van der Waals surface area contributed by atoms with E-state index in [-0.39, 0.29) is 0 Å². The molecular weight excluding hydrogens is 382 g/mol. The fraction of sp³-hybridized carbons (Fsp3) is 1.00. The van der Waals surface area contributed by atoms with E-state index in [0.29, 0.717) is 0 Å². The summed E-state index contributed by atoms with van der Waals surface area (Å²) in [6.07, 6.45) is 0. The van der Waals surface area contributed by atoms with Crippen LogP contribution in [0.3, 0.4) is 0 Å². The molecule has 0 aliphatic rings. The molecule has 1 unspecified atom stereocenters. The van der Waals surface area contributed by atoms with E-state index < -0.39 is 31.1 Å². The minimum absolute atomic E-state index is 0.778. The molecule has 0 aliphatic carbocycles. The maximum atomic E-state index is 11.4. The summed E-state index contributed by atoms with van der Waals surface area (Å²) in [7, 11) is -9.54. The molecule has 0 aromatic carbocycles. The zero-order chi connectivity index (χ0) is 19.1. The standard InChI is InChI=1S/C6H15NO.C2F6NO4S2/c1-4-7(2)5-6-8-3;3-1(4,5)14(10,11)9-15(12,13)2(6,7)8/h4-6H2,1-3H3;/q;-1/p+1. The Hall–Kier alpha value is -0.640. The highest BCUT2D eigenvalue weighted by Crippen LogP contribution is 2.36. The topological polar surface area (TPSA) is 96.1 Å². The van der Waals surface area contributed by atoms with Crippen LogP contribution in [0.5, 0.6) is 0 Å². The fourth-order valence-corrected chi connectivity index (χ4v) is 2.38. The van der Waals surface area contributed by atoms with Gasteiger partial charge in [-0.25, -0.2) is 16.8 Å². The number of alkyl halides is 6. The Morgan fingerprint density at radius 2 is 1.30 bits per heavy atom. The van der Waals surface area contributed by atoms with Crippen molar-refractivity contribution in [2.24, 2.45) is 0 Å². The molecule has 0 aliphatic heterocycles. The summed E-state index contributed by atoms with van der Waals surface area (Å²) in [5.74, 6) is 0. The lowest BCUT2D eigenvalue weighted by Gasteiger charge is -2.22. The molecule has 0 amide bonds. The van der Waals surface area contributed by atoms with E-state index in [1.807, 2.05) is 0 Å². The quantitative estimate of drug-likeness (QED) is 0.646. The van der Waals surface area contributed by atoms with Crippen molar-refractivity contribution in [2.45, 2.75) is 17.9 Å². The predicted octanol–water partition coefficient (Wildman–Crippen LogP) is 0.227. The zero-order valence-electron chi connectivity index (χ0n) is 12.2. The number of ether oxygens (including phenoxy) is 1. The van der Waals surface area contributed by atoms with Crippen molar-refractivity contribution in [1.82, 2.24) is 0 Å². The molecule has 0 aromatic heterocycles. The summed E-state index contributed by atoms with van der Waals surface area (Å²) in [5.41, 5.74) is -12.4. The molecule has 15 heteroatoms. The maximum absolute atomic E-state index is 11.4. The van der Waals surface area contributed by atoms with Crippen LogP contribution < -0.4 is 4.90 Å². The van der Waals surface area contributed by atoms with E-state index in [0.717, 1.165) is 17.3 Å². The third-order valence-electron chi connectivity index (χ3n) is 2.12. The molecule has 0 saturated heterocycles. The molecule has 0 spiro atoms. The molecule has 1 N–H and O–H groups in total. The smallest absolute Gasteiger partial charge is 0.421 e. The molecule has 0 fully saturated rings. The van der Waals surface area contributed by atoms with Crippen LogP contribution in [-0.2, 0) is 24.8 Å². The number of nitrogens with one attached hydrogen (secondary N) is 1. The van der Waals surface area contributed by atoms with Gasteiger partial charge < -0.3 is 13.8 Å². The molecule has 0 aromatic rings. The number of quaternary nitrogens is 1. The first-order chi connectivity index (χ1) is 10.0. The maximum Gasteiger partial charge on any atom is 0.480 e. The van der Waals surface area contributed by atoms with Crippen LogP contribution in [-0.4, -0.2) is 61.7 Å². The van der Waals surface area contributed by atoms with Crippen molar-refractivity contribution in [2.75, 3.05) is 33.9 Å². The fourth-order valence-electron chi connectivity index (χ4n) is 0.667. The third kappa shape index (κ3) is 9.29. The van der Waals surface area contributed by atoms with Gasteiger partial charge in [0.05, 0.1) is 20.2 Å². The first-order valence-corrected chi connectivity index (χ1v) is 8.57. The van der Waals surface area contributed by atoms with Crippen LogP contribution in [0.1, 0.15) is 6.92 Å². The summed E-state index contributed by atoms with van der Waals surface area (Å²) >= 11 is 0. The van der Waals surface area contributed by atoms with E-state index in [1.54, 1.807) is 7.11 Å². The van der Waals surface area contributed by atoms with Crippen LogP contribution in [0.2, 0.25) is 0 Å². The first-order valence-electron chi connectivity index (χ1n) is 5.69. The number of likely N-dealkylation sites (N-methyl/N-ethyl adjacent to an activating group) is 1. The number of halogens is 6. The molecule has 0 saturated carbocycles. The van der Waals surface area contributed by atoms with Gasteiger partial charge in [-0.3, -0.25) is 0 Å². The summed E-state index contributed by atoms with van der Waals surface area (Å²) in [4.78, 5) is 1.52. The molecule has 0 rings (SSSR count). The Morgan fingerprint density at radius 1 is 0.957 bits per heavy atom. The normalized spacial score (nSPS) is 14.8. The monoisotopic (exact) mass is 398 g/mol. The second-order valence-corrected chi connectivity index (χ2v) is 7.39. The van der Waals surface area contributed by atoms with Crippen molar-refractivity contribution in [3.63, 3.8) is 0 Å². The van der Waals surface area contributed by atoms with Crippen LogP contribution >= 0.6 is 0 Å². The van der Waals surface area contributed by atoms with E-state index in [4.69, 9.17) is 4.74 Å². The van der Waals surface area contributed by atoms with Crippen molar-refractivity contribution in [3.05, 3.63) is 4.13 Å². The van der Waals surface area contributed by atoms with Crippen LogP contribution in [0.25, 0.3) is 4.13 Å². The Kier molecular flexibility index (Phi) is 9.63. The minimum Gasteiger partial charge on any atom is -0.421 e. The number of hydrogen-bond donors (Lipinski definition) is 1. The van der Waals surface area contributed by atoms with Crippen molar-refractivity contribution in [1.29, 1.82) is 0 Å². The largest absolute Gasteiger partial charge is 0.480 e. The van der Waals surface area contributed by atoms with E-state index >= 15 is 0 Å². The highest BCUT2D eigenvalue weighted by Gasteiger charge is 2.46. The SMILES string of the molecule is CC[NH+](C)CCOC.O=S(=O)([N-]S(=O)(=O)C(F)(F)F)C(F)(F)F. The molecule has 0 radical (unpaired) electrons. The molecule has 142 valence electrons. The number of nitrogens with zero attached hydrogens (tertiary/aromatic N) is 1. The summed E-state index contributed by atoms with van der Waals surface area (Å²) in [6, 6.07) is 0. The van der Waals surface area contributed by atoms with Gasteiger partial charge in [-0.05, 0) is 6.92 Å². The lowest BCUT2D eigenvalue weighted by atomic mass is 10.5. The second kappa shape index (κ2) is 9.00. The average Bonchev–Trinajstić information content (AvgIpc) is 2.32. The summed E-state index contributed by atoms with van der Waals surface area (Å²) < 4.78 is 114. The van der Waals surface area contributed by atoms with Gasteiger partial charge in [0.25, 0.3) is 0 Å². The van der Waals surface area contributed by atoms with Gasteiger partial charge >= 0.3 is 11.0 Å². The summed E-state index contributed by atoms with van der Waals surface area (Å²) in [5, 5.41) is 0. The van der Waals surface area contributed by atoms with Gasteiger partial charge in [-0.15, -0.1) is 0 Å². The Bertz CT molecular complexity index is 500. The van der Waals surface area contributed by atoms with Gasteiger partial charge in [-0.1, -0.05) is 0 Å². The van der Waals surface area contributed by atoms with Crippen LogP contribution in [0, 0.1) is 0 Å². The van der Waals surface area contributed by atoms with Crippen LogP contribution in [0.15, 0.2) is 0 Å². The Labute approximate surface area is 129 Å². The number of methoxy groups -OCH3 is 1. The van der Waals surface area contributed by atoms with Gasteiger partial charge in [0.1, 0.15) is 6.54 Å².